The fraction of sp³-hybridized carbons (Fsp3) is 0.174. The molecule has 3 aromatic rings. The molecule has 0 unspecified atom stereocenters. The van der Waals surface area contributed by atoms with Crippen LogP contribution in [0.25, 0.3) is 10.8 Å². The van der Waals surface area contributed by atoms with E-state index >= 15 is 0 Å². The molecule has 30 heavy (non-hydrogen) atoms. The molecule has 1 heterocycles. The summed E-state index contributed by atoms with van der Waals surface area (Å²) in [6, 6.07) is 19.9. The molecule has 1 fully saturated rings. The molecule has 0 spiro atoms. The Morgan fingerprint density at radius 3 is 2.40 bits per heavy atom. The summed E-state index contributed by atoms with van der Waals surface area (Å²) in [4.78, 5) is 37.3. The SMILES string of the molecule is CC(=O)Nc1cccc(C(=O)N2CCCN2C(=O)Nc2cccc3ccccc23)c1. The molecule has 0 saturated carbocycles. The van der Waals surface area contributed by atoms with E-state index in [0.29, 0.717) is 36.4 Å². The molecule has 4 rings (SSSR count). The van der Waals surface area contributed by atoms with E-state index in [1.54, 1.807) is 24.3 Å². The van der Waals surface area contributed by atoms with Gasteiger partial charge in [-0.25, -0.2) is 14.8 Å². The molecule has 1 aliphatic rings. The Balaban J connectivity index is 1.54. The number of urea groups is 1. The fourth-order valence-electron chi connectivity index (χ4n) is 3.63. The van der Waals surface area contributed by atoms with Gasteiger partial charge in [0, 0.05) is 36.7 Å². The number of amides is 4. The first-order chi connectivity index (χ1) is 14.5. The zero-order chi connectivity index (χ0) is 21.1. The van der Waals surface area contributed by atoms with E-state index in [1.165, 1.54) is 16.9 Å². The summed E-state index contributed by atoms with van der Waals surface area (Å²) < 4.78 is 0. The van der Waals surface area contributed by atoms with Crippen molar-refractivity contribution in [1.29, 1.82) is 0 Å². The van der Waals surface area contributed by atoms with Gasteiger partial charge in [0.15, 0.2) is 0 Å². The van der Waals surface area contributed by atoms with Crippen molar-refractivity contribution in [3.05, 3.63) is 72.3 Å². The minimum Gasteiger partial charge on any atom is -0.326 e. The van der Waals surface area contributed by atoms with Crippen molar-refractivity contribution in [2.24, 2.45) is 0 Å². The number of anilines is 2. The highest BCUT2D eigenvalue weighted by Crippen LogP contribution is 2.24. The third-order valence-corrected chi connectivity index (χ3v) is 4.96. The number of carbonyl (C=O) groups is 3. The monoisotopic (exact) mass is 402 g/mol. The van der Waals surface area contributed by atoms with E-state index in [2.05, 4.69) is 10.6 Å². The number of benzene rings is 3. The normalized spacial score (nSPS) is 13.4. The topological polar surface area (TPSA) is 81.8 Å². The van der Waals surface area contributed by atoms with Crippen LogP contribution in [0.4, 0.5) is 16.2 Å². The molecule has 152 valence electrons. The molecule has 4 amide bonds. The minimum absolute atomic E-state index is 0.211. The molecule has 2 N–H and O–H groups in total. The van der Waals surface area contributed by atoms with Gasteiger partial charge in [0.2, 0.25) is 5.91 Å². The molecule has 3 aromatic carbocycles. The predicted molar refractivity (Wildman–Crippen MR) is 116 cm³/mol. The molecular weight excluding hydrogens is 380 g/mol. The maximum absolute atomic E-state index is 13.1. The first kappa shape index (κ1) is 19.4. The Morgan fingerprint density at radius 1 is 0.833 bits per heavy atom. The highest BCUT2D eigenvalue weighted by Gasteiger charge is 2.31. The van der Waals surface area contributed by atoms with Crippen LogP contribution in [0.15, 0.2) is 66.7 Å². The lowest BCUT2D eigenvalue weighted by molar-refractivity contribution is -0.114. The van der Waals surface area contributed by atoms with E-state index in [0.717, 1.165) is 10.8 Å². The summed E-state index contributed by atoms with van der Waals surface area (Å²) in [7, 11) is 0. The Hall–Kier alpha value is -3.87. The van der Waals surface area contributed by atoms with E-state index in [1.807, 2.05) is 42.5 Å². The van der Waals surface area contributed by atoms with Crippen LogP contribution in [0.2, 0.25) is 0 Å². The van der Waals surface area contributed by atoms with Crippen LogP contribution in [-0.4, -0.2) is 41.0 Å². The third-order valence-electron chi connectivity index (χ3n) is 4.96. The van der Waals surface area contributed by atoms with Crippen LogP contribution in [0.3, 0.4) is 0 Å². The van der Waals surface area contributed by atoms with Crippen LogP contribution in [0.5, 0.6) is 0 Å². The minimum atomic E-state index is -0.352. The lowest BCUT2D eigenvalue weighted by atomic mass is 10.1. The van der Waals surface area contributed by atoms with Crippen molar-refractivity contribution in [1.82, 2.24) is 10.0 Å². The van der Waals surface area contributed by atoms with Crippen molar-refractivity contribution in [3.63, 3.8) is 0 Å². The van der Waals surface area contributed by atoms with Gasteiger partial charge in [-0.05, 0) is 36.1 Å². The van der Waals surface area contributed by atoms with Gasteiger partial charge in [-0.2, -0.15) is 0 Å². The van der Waals surface area contributed by atoms with Gasteiger partial charge < -0.3 is 10.6 Å². The number of fused-ring (bicyclic) bond motifs is 1. The van der Waals surface area contributed by atoms with Gasteiger partial charge >= 0.3 is 6.03 Å². The molecule has 0 aromatic heterocycles. The van der Waals surface area contributed by atoms with E-state index in [9.17, 15) is 14.4 Å². The molecule has 0 radical (unpaired) electrons. The molecule has 7 heteroatoms. The molecule has 0 atom stereocenters. The van der Waals surface area contributed by atoms with Gasteiger partial charge in [0.25, 0.3) is 5.91 Å². The van der Waals surface area contributed by atoms with Crippen molar-refractivity contribution >= 4 is 40.0 Å². The number of nitrogens with zero attached hydrogens (tertiary/aromatic N) is 2. The number of hydrogen-bond acceptors (Lipinski definition) is 3. The second-order valence-electron chi connectivity index (χ2n) is 7.12. The molecule has 1 aliphatic heterocycles. The Bertz CT molecular complexity index is 1120. The Labute approximate surface area is 174 Å². The van der Waals surface area contributed by atoms with Crippen LogP contribution in [0, 0.1) is 0 Å². The highest BCUT2D eigenvalue weighted by molar-refractivity contribution is 6.03. The number of carbonyl (C=O) groups excluding carboxylic acids is 3. The average molecular weight is 402 g/mol. The van der Waals surface area contributed by atoms with Gasteiger partial charge in [-0.1, -0.05) is 42.5 Å². The second-order valence-corrected chi connectivity index (χ2v) is 7.12. The molecular formula is C23H22N4O3. The first-order valence-corrected chi connectivity index (χ1v) is 9.78. The summed E-state index contributed by atoms with van der Waals surface area (Å²) in [6.07, 6.45) is 0.695. The predicted octanol–water partition coefficient (Wildman–Crippen LogP) is 4.09. The van der Waals surface area contributed by atoms with Crippen molar-refractivity contribution in [2.75, 3.05) is 23.7 Å². The molecule has 1 saturated heterocycles. The van der Waals surface area contributed by atoms with E-state index in [-0.39, 0.29) is 17.8 Å². The third kappa shape index (κ3) is 3.96. The van der Waals surface area contributed by atoms with Gasteiger partial charge in [0.05, 0.1) is 5.69 Å². The Morgan fingerprint density at radius 2 is 1.57 bits per heavy atom. The highest BCUT2D eigenvalue weighted by atomic mass is 16.2. The number of hydrogen-bond donors (Lipinski definition) is 2. The van der Waals surface area contributed by atoms with E-state index in [4.69, 9.17) is 0 Å². The lowest BCUT2D eigenvalue weighted by Crippen LogP contribution is -2.46. The van der Waals surface area contributed by atoms with Gasteiger partial charge in [-0.15, -0.1) is 0 Å². The Kier molecular flexibility index (Phi) is 5.34. The van der Waals surface area contributed by atoms with Crippen LogP contribution < -0.4 is 10.6 Å². The maximum Gasteiger partial charge on any atom is 0.340 e. The van der Waals surface area contributed by atoms with Gasteiger partial charge in [-0.3, -0.25) is 9.59 Å². The summed E-state index contributed by atoms with van der Waals surface area (Å²) in [5.41, 5.74) is 1.65. The fourth-order valence-corrected chi connectivity index (χ4v) is 3.63. The number of rotatable bonds is 3. The number of hydrazine groups is 1. The summed E-state index contributed by atoms with van der Waals surface area (Å²) >= 11 is 0. The smallest absolute Gasteiger partial charge is 0.326 e. The summed E-state index contributed by atoms with van der Waals surface area (Å²) in [5, 5.41) is 10.5. The second kappa shape index (κ2) is 8.24. The largest absolute Gasteiger partial charge is 0.340 e. The van der Waals surface area contributed by atoms with Crippen LogP contribution >= 0.6 is 0 Å². The van der Waals surface area contributed by atoms with Gasteiger partial charge in [0.1, 0.15) is 0 Å². The quantitative estimate of drug-likeness (QED) is 0.692. The zero-order valence-corrected chi connectivity index (χ0v) is 16.6. The van der Waals surface area contributed by atoms with Crippen molar-refractivity contribution in [3.8, 4) is 0 Å². The lowest BCUT2D eigenvalue weighted by Gasteiger charge is -2.28. The summed E-state index contributed by atoms with van der Waals surface area (Å²) in [6.45, 7) is 2.31. The molecule has 0 bridgehead atoms. The van der Waals surface area contributed by atoms with Crippen LogP contribution in [-0.2, 0) is 4.79 Å². The van der Waals surface area contributed by atoms with Crippen LogP contribution in [0.1, 0.15) is 23.7 Å². The first-order valence-electron chi connectivity index (χ1n) is 9.78. The maximum atomic E-state index is 13.1. The number of nitrogens with one attached hydrogen (secondary N) is 2. The summed E-state index contributed by atoms with van der Waals surface area (Å²) in [5.74, 6) is -0.496. The molecule has 7 nitrogen and oxygen atoms in total. The zero-order valence-electron chi connectivity index (χ0n) is 16.6. The van der Waals surface area contributed by atoms with Crippen molar-refractivity contribution < 1.29 is 14.4 Å². The standard InChI is InChI=1S/C23H22N4O3/c1-16(28)24-19-10-4-9-18(15-19)22(29)26-13-6-14-27(26)23(30)25-21-12-5-8-17-7-2-3-11-20(17)21/h2-5,7-12,15H,6,13-14H2,1H3,(H,24,28)(H,25,30). The van der Waals surface area contributed by atoms with Crippen molar-refractivity contribution in [2.45, 2.75) is 13.3 Å². The van der Waals surface area contributed by atoms with E-state index < -0.39 is 0 Å². The molecule has 0 aliphatic carbocycles. The average Bonchev–Trinajstić information content (AvgIpc) is 3.23.